The lowest BCUT2D eigenvalue weighted by atomic mass is 9.88. The van der Waals surface area contributed by atoms with Gasteiger partial charge in [-0.05, 0) is 38.5 Å². The topological polar surface area (TPSA) is 36.9 Å². The van der Waals surface area contributed by atoms with Crippen molar-refractivity contribution in [1.82, 2.24) is 0 Å². The summed E-state index contributed by atoms with van der Waals surface area (Å²) in [5.41, 5.74) is 0. The first kappa shape index (κ1) is 25.9. The minimum Gasteiger partial charge on any atom is -0.381 e. The fourth-order valence-corrected chi connectivity index (χ4v) is 3.77. The third-order valence-electron chi connectivity index (χ3n) is 5.56. The first-order valence-electron chi connectivity index (χ1n) is 12.2. The maximum Gasteiger partial charge on any atom is 0.285 e. The average molecular weight is 401 g/mol. The molecule has 0 aromatic carbocycles. The van der Waals surface area contributed by atoms with E-state index < -0.39 is 5.97 Å². The molecule has 1 rings (SSSR count). The molecular weight excluding hydrogens is 352 g/mol. The zero-order valence-corrected chi connectivity index (χ0v) is 19.3. The van der Waals surface area contributed by atoms with Crippen LogP contribution < -0.4 is 0 Å². The highest BCUT2D eigenvalue weighted by molar-refractivity contribution is 4.76. The van der Waals surface area contributed by atoms with E-state index in [-0.39, 0.29) is 0 Å². The number of hydrogen-bond donors (Lipinski definition) is 0. The monoisotopic (exact) mass is 400 g/mol. The Kier molecular flexibility index (Phi) is 15.4. The van der Waals surface area contributed by atoms with Crippen molar-refractivity contribution in [2.75, 3.05) is 33.0 Å². The van der Waals surface area contributed by atoms with Gasteiger partial charge in [0.2, 0.25) is 0 Å². The molecule has 1 aliphatic rings. The summed E-state index contributed by atoms with van der Waals surface area (Å²) < 4.78 is 24.4. The molecule has 1 saturated heterocycles. The van der Waals surface area contributed by atoms with Gasteiger partial charge in [-0.1, -0.05) is 66.2 Å². The molecule has 0 radical (unpaired) electrons. The van der Waals surface area contributed by atoms with Crippen LogP contribution in [-0.4, -0.2) is 39.0 Å². The maximum atomic E-state index is 6.35. The Morgan fingerprint density at radius 3 is 1.71 bits per heavy atom. The van der Waals surface area contributed by atoms with Crippen LogP contribution in [0.25, 0.3) is 0 Å². The second-order valence-corrected chi connectivity index (χ2v) is 8.38. The molecule has 0 spiro atoms. The SMILES string of the molecule is CCCCCCCCC(CCC1COC1)C(OCCC)(OCCC)OCCC. The molecule has 1 fully saturated rings. The van der Waals surface area contributed by atoms with Gasteiger partial charge < -0.3 is 18.9 Å². The molecule has 0 aromatic heterocycles. The molecule has 0 N–H and O–H groups in total. The first-order valence-corrected chi connectivity index (χ1v) is 12.2. The van der Waals surface area contributed by atoms with Gasteiger partial charge in [0, 0.05) is 11.8 Å². The van der Waals surface area contributed by atoms with Crippen LogP contribution in [0.2, 0.25) is 0 Å². The fraction of sp³-hybridized carbons (Fsp3) is 1.00. The van der Waals surface area contributed by atoms with Gasteiger partial charge in [0.05, 0.1) is 33.0 Å². The van der Waals surface area contributed by atoms with E-state index in [9.17, 15) is 0 Å². The Hall–Kier alpha value is -0.160. The molecule has 0 aliphatic carbocycles. The van der Waals surface area contributed by atoms with Crippen molar-refractivity contribution in [1.29, 1.82) is 0 Å². The second kappa shape index (κ2) is 16.6. The smallest absolute Gasteiger partial charge is 0.285 e. The Balaban J connectivity index is 2.76. The Morgan fingerprint density at radius 1 is 0.714 bits per heavy atom. The third-order valence-corrected chi connectivity index (χ3v) is 5.56. The van der Waals surface area contributed by atoms with Gasteiger partial charge in [-0.3, -0.25) is 0 Å². The van der Waals surface area contributed by atoms with Crippen molar-refractivity contribution in [3.63, 3.8) is 0 Å². The van der Waals surface area contributed by atoms with E-state index in [1.54, 1.807) is 0 Å². The largest absolute Gasteiger partial charge is 0.381 e. The van der Waals surface area contributed by atoms with E-state index in [0.717, 1.165) is 45.3 Å². The van der Waals surface area contributed by atoms with E-state index in [4.69, 9.17) is 18.9 Å². The van der Waals surface area contributed by atoms with Crippen molar-refractivity contribution in [3.05, 3.63) is 0 Å². The molecule has 1 aliphatic heterocycles. The van der Waals surface area contributed by atoms with Gasteiger partial charge in [0.1, 0.15) is 0 Å². The summed E-state index contributed by atoms with van der Waals surface area (Å²) in [7, 11) is 0. The highest BCUT2D eigenvalue weighted by Crippen LogP contribution is 2.36. The predicted octanol–water partition coefficient (Wildman–Crippen LogP) is 6.71. The number of ether oxygens (including phenoxy) is 4. The van der Waals surface area contributed by atoms with Crippen molar-refractivity contribution in [2.24, 2.45) is 11.8 Å². The lowest BCUT2D eigenvalue weighted by molar-refractivity contribution is -0.407. The second-order valence-electron chi connectivity index (χ2n) is 8.38. The van der Waals surface area contributed by atoms with Crippen LogP contribution in [0, 0.1) is 11.8 Å². The summed E-state index contributed by atoms with van der Waals surface area (Å²) in [5.74, 6) is 0.132. The summed E-state index contributed by atoms with van der Waals surface area (Å²) in [5, 5.41) is 0. The highest BCUT2D eigenvalue weighted by Gasteiger charge is 2.42. The van der Waals surface area contributed by atoms with E-state index >= 15 is 0 Å². The summed E-state index contributed by atoms with van der Waals surface area (Å²) in [6, 6.07) is 0. The molecule has 0 bridgehead atoms. The number of rotatable bonds is 20. The zero-order valence-electron chi connectivity index (χ0n) is 19.3. The molecule has 4 heteroatoms. The average Bonchev–Trinajstić information content (AvgIpc) is 2.68. The number of unbranched alkanes of at least 4 members (excludes halogenated alkanes) is 5. The van der Waals surface area contributed by atoms with Gasteiger partial charge in [-0.2, -0.15) is 0 Å². The van der Waals surface area contributed by atoms with Crippen LogP contribution in [0.3, 0.4) is 0 Å². The molecule has 4 nitrogen and oxygen atoms in total. The van der Waals surface area contributed by atoms with Crippen molar-refractivity contribution in [3.8, 4) is 0 Å². The molecule has 168 valence electrons. The maximum absolute atomic E-state index is 6.35. The third kappa shape index (κ3) is 10.0. The van der Waals surface area contributed by atoms with Crippen molar-refractivity contribution in [2.45, 2.75) is 111 Å². The van der Waals surface area contributed by atoms with Gasteiger partial charge >= 0.3 is 0 Å². The molecular formula is C24H48O4. The molecule has 0 saturated carbocycles. The normalized spacial score (nSPS) is 16.3. The summed E-state index contributed by atoms with van der Waals surface area (Å²) in [6.07, 6.45) is 14.2. The van der Waals surface area contributed by atoms with Crippen LogP contribution in [0.1, 0.15) is 105 Å². The van der Waals surface area contributed by atoms with E-state index in [1.165, 1.54) is 44.9 Å². The van der Waals surface area contributed by atoms with Gasteiger partial charge in [0.25, 0.3) is 5.97 Å². The molecule has 0 amide bonds. The van der Waals surface area contributed by atoms with E-state index in [0.29, 0.717) is 31.7 Å². The lowest BCUT2D eigenvalue weighted by Crippen LogP contribution is -2.47. The van der Waals surface area contributed by atoms with Gasteiger partial charge in [-0.25, -0.2) is 0 Å². The van der Waals surface area contributed by atoms with Crippen LogP contribution in [-0.2, 0) is 18.9 Å². The van der Waals surface area contributed by atoms with Crippen LogP contribution in [0.5, 0.6) is 0 Å². The predicted molar refractivity (Wildman–Crippen MR) is 116 cm³/mol. The molecule has 1 atom stereocenters. The molecule has 1 heterocycles. The van der Waals surface area contributed by atoms with E-state index in [1.807, 2.05) is 0 Å². The van der Waals surface area contributed by atoms with Crippen molar-refractivity contribution >= 4 is 0 Å². The minimum absolute atomic E-state index is 0.295. The summed E-state index contributed by atoms with van der Waals surface area (Å²) >= 11 is 0. The Morgan fingerprint density at radius 2 is 1.25 bits per heavy atom. The first-order chi connectivity index (χ1) is 13.7. The van der Waals surface area contributed by atoms with Crippen LogP contribution in [0.4, 0.5) is 0 Å². The Bertz CT molecular complexity index is 322. The minimum atomic E-state index is -0.865. The summed E-state index contributed by atoms with van der Waals surface area (Å²) in [4.78, 5) is 0. The highest BCUT2D eigenvalue weighted by atomic mass is 16.9. The van der Waals surface area contributed by atoms with Gasteiger partial charge in [0.15, 0.2) is 0 Å². The molecule has 0 aromatic rings. The van der Waals surface area contributed by atoms with Gasteiger partial charge in [-0.15, -0.1) is 0 Å². The van der Waals surface area contributed by atoms with Crippen LogP contribution >= 0.6 is 0 Å². The summed E-state index contributed by atoms with van der Waals surface area (Å²) in [6.45, 7) is 12.6. The van der Waals surface area contributed by atoms with Crippen LogP contribution in [0.15, 0.2) is 0 Å². The molecule has 1 unspecified atom stereocenters. The molecule has 28 heavy (non-hydrogen) atoms. The lowest BCUT2D eigenvalue weighted by Gasteiger charge is -2.41. The number of hydrogen-bond acceptors (Lipinski definition) is 4. The fourth-order valence-electron chi connectivity index (χ4n) is 3.77. The van der Waals surface area contributed by atoms with Crippen molar-refractivity contribution < 1.29 is 18.9 Å². The standard InChI is InChI=1S/C24H48O4/c1-5-9-10-11-12-13-14-23(16-15-22-20-25-21-22)24(26-17-6-2,27-18-7-3)28-19-8-4/h22-23H,5-21H2,1-4H3. The zero-order chi connectivity index (χ0) is 20.5. The van der Waals surface area contributed by atoms with E-state index in [2.05, 4.69) is 27.7 Å². The Labute approximate surface area is 175 Å². The quantitative estimate of drug-likeness (QED) is 0.168.